The number of nitrogen functional groups attached to an aromatic ring is 1. The Balaban J connectivity index is 2.85. The number of sulfonamides is 1. The number of nitrogens with one attached hydrogen (secondary N) is 2. The lowest BCUT2D eigenvalue weighted by molar-refractivity contribution is -0.136. The van der Waals surface area contributed by atoms with Gasteiger partial charge >= 0.3 is 6.18 Å². The maximum absolute atomic E-state index is 12.7. The van der Waals surface area contributed by atoms with Gasteiger partial charge in [-0.25, -0.2) is 13.1 Å². The van der Waals surface area contributed by atoms with Crippen molar-refractivity contribution in [3.05, 3.63) is 23.8 Å². The monoisotopic (exact) mass is 297 g/mol. The van der Waals surface area contributed by atoms with E-state index >= 15 is 0 Å². The molecule has 0 atom stereocenters. The number of anilines is 2. The van der Waals surface area contributed by atoms with Gasteiger partial charge in [-0.3, -0.25) is 0 Å². The minimum absolute atomic E-state index is 0.0132. The van der Waals surface area contributed by atoms with Gasteiger partial charge in [0.15, 0.2) is 0 Å². The van der Waals surface area contributed by atoms with Crippen LogP contribution < -0.4 is 15.8 Å². The van der Waals surface area contributed by atoms with Crippen molar-refractivity contribution in [3.63, 3.8) is 0 Å². The summed E-state index contributed by atoms with van der Waals surface area (Å²) in [5, 5.41) is 2.44. The quantitative estimate of drug-likeness (QED) is 0.714. The molecule has 0 bridgehead atoms. The summed E-state index contributed by atoms with van der Waals surface area (Å²) in [5.41, 5.74) is 4.17. The maximum atomic E-state index is 12.7. The number of benzene rings is 1. The lowest BCUT2D eigenvalue weighted by Gasteiger charge is -2.15. The second-order valence-corrected chi connectivity index (χ2v) is 5.80. The summed E-state index contributed by atoms with van der Waals surface area (Å²) in [6.45, 7) is -0.143. The van der Waals surface area contributed by atoms with E-state index in [1.54, 1.807) is 0 Å². The first kappa shape index (κ1) is 15.6. The molecule has 9 heteroatoms. The van der Waals surface area contributed by atoms with E-state index in [1.807, 2.05) is 0 Å². The van der Waals surface area contributed by atoms with Gasteiger partial charge in [-0.2, -0.15) is 13.2 Å². The van der Waals surface area contributed by atoms with E-state index in [4.69, 9.17) is 5.73 Å². The third kappa shape index (κ3) is 4.60. The van der Waals surface area contributed by atoms with Gasteiger partial charge < -0.3 is 11.1 Å². The molecule has 0 radical (unpaired) electrons. The molecule has 0 saturated heterocycles. The van der Waals surface area contributed by atoms with Crippen LogP contribution in [0.5, 0.6) is 0 Å². The Bertz CT molecular complexity index is 543. The summed E-state index contributed by atoms with van der Waals surface area (Å²) in [7, 11) is -2.23. The number of rotatable bonds is 5. The second kappa shape index (κ2) is 5.66. The maximum Gasteiger partial charge on any atom is 0.418 e. The lowest BCUT2D eigenvalue weighted by atomic mass is 10.1. The third-order valence-corrected chi connectivity index (χ3v) is 3.71. The smallest absolute Gasteiger partial charge is 0.399 e. The molecule has 0 fully saturated rings. The average molecular weight is 297 g/mol. The van der Waals surface area contributed by atoms with Crippen molar-refractivity contribution in [3.8, 4) is 0 Å². The molecule has 0 aliphatic rings. The van der Waals surface area contributed by atoms with Crippen LogP contribution in [0.15, 0.2) is 18.2 Å². The van der Waals surface area contributed by atoms with E-state index in [9.17, 15) is 21.6 Å². The Kier molecular flexibility index (Phi) is 4.64. The molecule has 5 nitrogen and oxygen atoms in total. The Morgan fingerprint density at radius 2 is 1.95 bits per heavy atom. The van der Waals surface area contributed by atoms with Gasteiger partial charge in [0.1, 0.15) is 0 Å². The van der Waals surface area contributed by atoms with Gasteiger partial charge in [-0.05, 0) is 25.2 Å². The molecular weight excluding hydrogens is 283 g/mol. The molecule has 108 valence electrons. The molecule has 0 aromatic heterocycles. The third-order valence-electron chi connectivity index (χ3n) is 2.35. The number of halogens is 3. The Hall–Kier alpha value is -1.48. The zero-order chi connectivity index (χ0) is 14.7. The van der Waals surface area contributed by atoms with Crippen molar-refractivity contribution in [2.45, 2.75) is 6.18 Å². The Labute approximate surface area is 109 Å². The summed E-state index contributed by atoms with van der Waals surface area (Å²) in [5.74, 6) is -0.328. The predicted molar refractivity (Wildman–Crippen MR) is 67.2 cm³/mol. The van der Waals surface area contributed by atoms with Crippen LogP contribution in [-0.4, -0.2) is 27.8 Å². The minimum atomic E-state index is -4.56. The highest BCUT2D eigenvalue weighted by molar-refractivity contribution is 7.89. The van der Waals surface area contributed by atoms with E-state index in [0.717, 1.165) is 6.07 Å². The highest BCUT2D eigenvalue weighted by Crippen LogP contribution is 2.35. The molecule has 0 unspecified atom stereocenters. The summed E-state index contributed by atoms with van der Waals surface area (Å²) >= 11 is 0. The number of hydrogen-bond donors (Lipinski definition) is 3. The van der Waals surface area contributed by atoms with Gasteiger partial charge in [0.05, 0.1) is 11.3 Å². The number of hydrogen-bond acceptors (Lipinski definition) is 4. The molecule has 1 aromatic carbocycles. The summed E-state index contributed by atoms with van der Waals surface area (Å²) in [6, 6.07) is 3.28. The Morgan fingerprint density at radius 3 is 2.47 bits per heavy atom. The molecule has 4 N–H and O–H groups in total. The van der Waals surface area contributed by atoms with E-state index in [-0.39, 0.29) is 23.7 Å². The van der Waals surface area contributed by atoms with Crippen LogP contribution in [0.25, 0.3) is 0 Å². The molecule has 0 aliphatic heterocycles. The van der Waals surface area contributed by atoms with Crippen LogP contribution in [0.4, 0.5) is 24.5 Å². The van der Waals surface area contributed by atoms with Crippen molar-refractivity contribution in [1.82, 2.24) is 4.72 Å². The van der Waals surface area contributed by atoms with Crippen LogP contribution in [0.3, 0.4) is 0 Å². The van der Waals surface area contributed by atoms with E-state index in [0.29, 0.717) is 0 Å². The first-order valence-corrected chi connectivity index (χ1v) is 6.93. The standard InChI is InChI=1S/C10H14F3N3O2S/c1-15-19(17,18)5-4-16-9-3-2-7(14)6-8(9)10(11,12)13/h2-3,6,15-16H,4-5,14H2,1H3. The van der Waals surface area contributed by atoms with Crippen LogP contribution in [0.2, 0.25) is 0 Å². The summed E-state index contributed by atoms with van der Waals surface area (Å²) in [6.07, 6.45) is -4.56. The largest absolute Gasteiger partial charge is 0.418 e. The molecule has 1 rings (SSSR count). The van der Waals surface area contributed by atoms with E-state index in [1.165, 1.54) is 19.2 Å². The lowest BCUT2D eigenvalue weighted by Crippen LogP contribution is -2.26. The van der Waals surface area contributed by atoms with Crippen LogP contribution in [0.1, 0.15) is 5.56 Å². The fourth-order valence-corrected chi connectivity index (χ4v) is 1.95. The van der Waals surface area contributed by atoms with Crippen LogP contribution in [0, 0.1) is 0 Å². The minimum Gasteiger partial charge on any atom is -0.399 e. The molecule has 0 heterocycles. The van der Waals surface area contributed by atoms with Crippen molar-refractivity contribution >= 4 is 21.4 Å². The molecule has 0 amide bonds. The van der Waals surface area contributed by atoms with E-state index in [2.05, 4.69) is 10.0 Å². The zero-order valence-corrected chi connectivity index (χ0v) is 10.9. The highest BCUT2D eigenvalue weighted by Gasteiger charge is 2.33. The molecule has 0 aliphatic carbocycles. The fraction of sp³-hybridized carbons (Fsp3) is 0.400. The van der Waals surface area contributed by atoms with Gasteiger partial charge in [0, 0.05) is 17.9 Å². The number of alkyl halides is 3. The molecule has 0 saturated carbocycles. The molecule has 1 aromatic rings. The normalized spacial score (nSPS) is 12.4. The fourth-order valence-electron chi connectivity index (χ4n) is 1.37. The highest BCUT2D eigenvalue weighted by atomic mass is 32.2. The van der Waals surface area contributed by atoms with Gasteiger partial charge in [-0.15, -0.1) is 0 Å². The first-order chi connectivity index (χ1) is 8.65. The van der Waals surface area contributed by atoms with E-state index < -0.39 is 21.8 Å². The molecule has 0 spiro atoms. The van der Waals surface area contributed by atoms with Crippen molar-refractivity contribution < 1.29 is 21.6 Å². The van der Waals surface area contributed by atoms with Crippen LogP contribution >= 0.6 is 0 Å². The Morgan fingerprint density at radius 1 is 1.32 bits per heavy atom. The van der Waals surface area contributed by atoms with Gasteiger partial charge in [0.25, 0.3) is 0 Å². The van der Waals surface area contributed by atoms with Crippen molar-refractivity contribution in [2.24, 2.45) is 0 Å². The topological polar surface area (TPSA) is 84.2 Å². The summed E-state index contributed by atoms with van der Waals surface area (Å²) in [4.78, 5) is 0. The predicted octanol–water partition coefficient (Wildman–Crippen LogP) is 1.25. The molecule has 19 heavy (non-hydrogen) atoms. The van der Waals surface area contributed by atoms with Gasteiger partial charge in [-0.1, -0.05) is 0 Å². The first-order valence-electron chi connectivity index (χ1n) is 5.27. The van der Waals surface area contributed by atoms with Gasteiger partial charge in [0.2, 0.25) is 10.0 Å². The zero-order valence-electron chi connectivity index (χ0n) is 10.1. The number of nitrogens with two attached hydrogens (primary N) is 1. The van der Waals surface area contributed by atoms with Crippen molar-refractivity contribution in [1.29, 1.82) is 0 Å². The molecular formula is C10H14F3N3O2S. The second-order valence-electron chi connectivity index (χ2n) is 3.75. The van der Waals surface area contributed by atoms with Crippen LogP contribution in [-0.2, 0) is 16.2 Å². The van der Waals surface area contributed by atoms with Crippen molar-refractivity contribution in [2.75, 3.05) is 30.4 Å². The average Bonchev–Trinajstić information content (AvgIpc) is 2.29. The SMILES string of the molecule is CNS(=O)(=O)CCNc1ccc(N)cc1C(F)(F)F. The summed E-state index contributed by atoms with van der Waals surface area (Å²) < 4.78 is 62.5.